The Morgan fingerprint density at radius 3 is 2.38 bits per heavy atom. The van der Waals surface area contributed by atoms with Gasteiger partial charge in [-0.05, 0) is 32.1 Å². The van der Waals surface area contributed by atoms with E-state index in [0.717, 1.165) is 44.4 Å². The zero-order valence-corrected chi connectivity index (χ0v) is 16.3. The fraction of sp³-hybridized carbons (Fsp3) is 0.867. The number of hydrogen-bond acceptors (Lipinski definition) is 2. The fourth-order valence-corrected chi connectivity index (χ4v) is 1.68. The maximum absolute atomic E-state index is 11.5. The van der Waals surface area contributed by atoms with Crippen molar-refractivity contribution in [1.29, 1.82) is 0 Å². The Bertz CT molecular complexity index is 283. The minimum atomic E-state index is 0. The first-order valence-electron chi connectivity index (χ1n) is 7.89. The van der Waals surface area contributed by atoms with Gasteiger partial charge in [-0.1, -0.05) is 20.8 Å². The molecule has 1 amide bonds. The van der Waals surface area contributed by atoms with Crippen molar-refractivity contribution < 1.29 is 4.79 Å². The highest BCUT2D eigenvalue weighted by atomic mass is 127. The van der Waals surface area contributed by atoms with Crippen LogP contribution in [0.3, 0.4) is 0 Å². The summed E-state index contributed by atoms with van der Waals surface area (Å²) in [5.41, 5.74) is 0. The number of carbonyl (C=O) groups excluding carboxylic acids is 1. The average Bonchev–Trinajstić information content (AvgIpc) is 2.41. The first-order chi connectivity index (χ1) is 9.60. The molecule has 0 saturated carbocycles. The van der Waals surface area contributed by atoms with Crippen LogP contribution < -0.4 is 16.0 Å². The van der Waals surface area contributed by atoms with E-state index in [9.17, 15) is 4.79 Å². The van der Waals surface area contributed by atoms with E-state index in [1.54, 1.807) is 0 Å². The van der Waals surface area contributed by atoms with E-state index >= 15 is 0 Å². The van der Waals surface area contributed by atoms with Crippen molar-refractivity contribution in [3.8, 4) is 0 Å². The van der Waals surface area contributed by atoms with Crippen LogP contribution in [0.25, 0.3) is 0 Å². The summed E-state index contributed by atoms with van der Waals surface area (Å²) in [6, 6.07) is 0. The first kappa shape index (κ1) is 22.7. The highest BCUT2D eigenvalue weighted by molar-refractivity contribution is 14.0. The van der Waals surface area contributed by atoms with E-state index < -0.39 is 0 Å². The predicted octanol–water partition coefficient (Wildman–Crippen LogP) is 2.51. The van der Waals surface area contributed by atoms with E-state index in [1.807, 2.05) is 13.8 Å². The molecule has 0 spiro atoms. The maximum Gasteiger partial charge on any atom is 0.221 e. The summed E-state index contributed by atoms with van der Waals surface area (Å²) in [4.78, 5) is 16.0. The van der Waals surface area contributed by atoms with Crippen LogP contribution in [0.4, 0.5) is 0 Å². The maximum atomic E-state index is 11.5. The lowest BCUT2D eigenvalue weighted by atomic mass is 10.1. The summed E-state index contributed by atoms with van der Waals surface area (Å²) in [5, 5.41) is 9.25. The standard InChI is InChI=1S/C15H32N4O.HI/c1-5-10-17-14(20)9-12-19-15(16-6-2)18-11-7-8-13(3)4;/h13H,5-12H2,1-4H3,(H,17,20)(H2,16,18,19);1H. The lowest BCUT2D eigenvalue weighted by Gasteiger charge is -2.11. The molecule has 3 N–H and O–H groups in total. The monoisotopic (exact) mass is 412 g/mol. The molecule has 126 valence electrons. The number of nitrogens with one attached hydrogen (secondary N) is 3. The minimum absolute atomic E-state index is 0. The van der Waals surface area contributed by atoms with E-state index in [1.165, 1.54) is 6.42 Å². The van der Waals surface area contributed by atoms with Gasteiger partial charge in [-0.15, -0.1) is 24.0 Å². The van der Waals surface area contributed by atoms with Crippen molar-refractivity contribution in [3.05, 3.63) is 0 Å². The third kappa shape index (κ3) is 15.7. The summed E-state index contributed by atoms with van der Waals surface area (Å²) < 4.78 is 0. The molecule has 0 aliphatic rings. The Morgan fingerprint density at radius 1 is 1.10 bits per heavy atom. The molecule has 0 aliphatic carbocycles. The minimum Gasteiger partial charge on any atom is -0.357 e. The molecule has 0 aromatic rings. The van der Waals surface area contributed by atoms with E-state index in [0.29, 0.717) is 13.0 Å². The summed E-state index contributed by atoms with van der Waals surface area (Å²) in [5.74, 6) is 1.62. The topological polar surface area (TPSA) is 65.5 Å². The third-order valence-electron chi connectivity index (χ3n) is 2.77. The van der Waals surface area contributed by atoms with E-state index in [2.05, 4.69) is 34.8 Å². The smallest absolute Gasteiger partial charge is 0.221 e. The van der Waals surface area contributed by atoms with Gasteiger partial charge in [0.05, 0.1) is 0 Å². The molecule has 0 aromatic heterocycles. The Hall–Kier alpha value is -0.530. The van der Waals surface area contributed by atoms with Gasteiger partial charge >= 0.3 is 0 Å². The molecular weight excluding hydrogens is 379 g/mol. The molecule has 0 fully saturated rings. The van der Waals surface area contributed by atoms with Gasteiger partial charge in [0.1, 0.15) is 0 Å². The number of carbonyl (C=O) groups is 1. The van der Waals surface area contributed by atoms with Crippen molar-refractivity contribution in [1.82, 2.24) is 16.0 Å². The zero-order chi connectivity index (χ0) is 15.2. The summed E-state index contributed by atoms with van der Waals surface area (Å²) in [7, 11) is 0. The van der Waals surface area contributed by atoms with Gasteiger partial charge in [-0.3, -0.25) is 9.79 Å². The summed E-state index contributed by atoms with van der Waals surface area (Å²) in [6.45, 7) is 11.6. The molecule has 0 aliphatic heterocycles. The Morgan fingerprint density at radius 2 is 1.81 bits per heavy atom. The number of hydrogen-bond donors (Lipinski definition) is 3. The molecule has 0 radical (unpaired) electrons. The number of nitrogens with zero attached hydrogens (tertiary/aromatic N) is 1. The molecule has 0 saturated heterocycles. The van der Waals surface area contributed by atoms with Crippen LogP contribution in [0.2, 0.25) is 0 Å². The number of halogens is 1. The predicted molar refractivity (Wildman–Crippen MR) is 101 cm³/mol. The number of amides is 1. The molecular formula is C15H33IN4O. The molecule has 0 unspecified atom stereocenters. The molecule has 0 rings (SSSR count). The van der Waals surface area contributed by atoms with Crippen LogP contribution in [0, 0.1) is 5.92 Å². The second kappa shape index (κ2) is 15.9. The van der Waals surface area contributed by atoms with Crippen LogP contribution in [-0.2, 0) is 4.79 Å². The van der Waals surface area contributed by atoms with Crippen molar-refractivity contribution in [2.75, 3.05) is 26.2 Å². The van der Waals surface area contributed by atoms with Crippen LogP contribution in [0.15, 0.2) is 4.99 Å². The van der Waals surface area contributed by atoms with Gasteiger partial charge in [0.2, 0.25) is 5.91 Å². The second-order valence-electron chi connectivity index (χ2n) is 5.32. The molecule has 0 heterocycles. The molecule has 0 aromatic carbocycles. The lowest BCUT2D eigenvalue weighted by molar-refractivity contribution is -0.120. The largest absolute Gasteiger partial charge is 0.357 e. The summed E-state index contributed by atoms with van der Waals surface area (Å²) in [6.07, 6.45) is 3.75. The van der Waals surface area contributed by atoms with Crippen molar-refractivity contribution >= 4 is 35.8 Å². The highest BCUT2D eigenvalue weighted by Gasteiger charge is 2.01. The van der Waals surface area contributed by atoms with Crippen LogP contribution in [0.5, 0.6) is 0 Å². The SMILES string of the molecule is CCCNC(=O)CCNC(=NCCCC(C)C)NCC.I. The van der Waals surface area contributed by atoms with Crippen molar-refractivity contribution in [2.24, 2.45) is 10.9 Å². The molecule has 5 nitrogen and oxygen atoms in total. The van der Waals surface area contributed by atoms with Crippen LogP contribution >= 0.6 is 24.0 Å². The van der Waals surface area contributed by atoms with Gasteiger partial charge in [-0.2, -0.15) is 0 Å². The quantitative estimate of drug-likeness (QED) is 0.224. The van der Waals surface area contributed by atoms with Crippen molar-refractivity contribution in [3.63, 3.8) is 0 Å². The van der Waals surface area contributed by atoms with E-state index in [-0.39, 0.29) is 29.9 Å². The van der Waals surface area contributed by atoms with Crippen LogP contribution in [0.1, 0.15) is 53.4 Å². The second-order valence-corrected chi connectivity index (χ2v) is 5.32. The Kier molecular flexibility index (Phi) is 17.2. The lowest BCUT2D eigenvalue weighted by Crippen LogP contribution is -2.39. The molecule has 0 bridgehead atoms. The normalized spacial score (nSPS) is 11.0. The molecule has 0 atom stereocenters. The number of guanidine groups is 1. The number of aliphatic imine (C=N–C) groups is 1. The van der Waals surface area contributed by atoms with Gasteiger partial charge in [0.15, 0.2) is 5.96 Å². The van der Waals surface area contributed by atoms with E-state index in [4.69, 9.17) is 0 Å². The fourth-order valence-electron chi connectivity index (χ4n) is 1.68. The average molecular weight is 412 g/mol. The molecule has 6 heteroatoms. The summed E-state index contributed by atoms with van der Waals surface area (Å²) >= 11 is 0. The van der Waals surface area contributed by atoms with Gasteiger partial charge in [-0.25, -0.2) is 0 Å². The Labute approximate surface area is 147 Å². The first-order valence-corrected chi connectivity index (χ1v) is 7.89. The third-order valence-corrected chi connectivity index (χ3v) is 2.77. The highest BCUT2D eigenvalue weighted by Crippen LogP contribution is 2.02. The van der Waals surface area contributed by atoms with Gasteiger partial charge in [0, 0.05) is 32.6 Å². The van der Waals surface area contributed by atoms with Gasteiger partial charge < -0.3 is 16.0 Å². The zero-order valence-electron chi connectivity index (χ0n) is 14.0. The Balaban J connectivity index is 0. The molecule has 21 heavy (non-hydrogen) atoms. The van der Waals surface area contributed by atoms with Crippen molar-refractivity contribution in [2.45, 2.75) is 53.4 Å². The van der Waals surface area contributed by atoms with Crippen LogP contribution in [-0.4, -0.2) is 38.0 Å². The van der Waals surface area contributed by atoms with Gasteiger partial charge in [0.25, 0.3) is 0 Å². The number of rotatable bonds is 10.